The first-order chi connectivity index (χ1) is 12.3. The summed E-state index contributed by atoms with van der Waals surface area (Å²) >= 11 is 0. The van der Waals surface area contributed by atoms with Crippen molar-refractivity contribution in [2.75, 3.05) is 7.11 Å². The maximum Gasteiger partial charge on any atom is 0.432 e. The van der Waals surface area contributed by atoms with E-state index in [-0.39, 0.29) is 11.0 Å². The Hall–Kier alpha value is -1.82. The van der Waals surface area contributed by atoms with Crippen molar-refractivity contribution in [2.24, 2.45) is 5.41 Å². The number of ether oxygens (including phenoxy) is 2. The van der Waals surface area contributed by atoms with E-state index in [0.717, 1.165) is 32.8 Å². The van der Waals surface area contributed by atoms with Crippen LogP contribution in [0, 0.1) is 5.41 Å². The minimum Gasteiger partial charge on any atom is -0.459 e. The molecule has 1 aromatic carbocycles. The molecule has 0 amide bonds. The van der Waals surface area contributed by atoms with Crippen molar-refractivity contribution in [3.63, 3.8) is 0 Å². The molecular weight excluding hydrogens is 345 g/mol. The van der Waals surface area contributed by atoms with Crippen molar-refractivity contribution >= 4 is 5.97 Å². The summed E-state index contributed by atoms with van der Waals surface area (Å²) in [6, 6.07) is 6.95. The number of benzene rings is 1. The summed E-state index contributed by atoms with van der Waals surface area (Å²) in [5, 5.41) is 0. The van der Waals surface area contributed by atoms with Gasteiger partial charge in [-0.15, -0.1) is 0 Å². The highest BCUT2D eigenvalue weighted by molar-refractivity contribution is 5.83. The zero-order valence-electron chi connectivity index (χ0n) is 14.9. The molecule has 1 aromatic rings. The molecule has 0 spiro atoms. The monoisotopic (exact) mass is 368 g/mol. The predicted octanol–water partition coefficient (Wildman–Crippen LogP) is 4.91. The molecule has 142 valence electrons. The number of alkyl halides is 3. The Morgan fingerprint density at radius 1 is 1.23 bits per heavy atom. The smallest absolute Gasteiger partial charge is 0.432 e. The Kier molecular flexibility index (Phi) is 4.90. The van der Waals surface area contributed by atoms with Gasteiger partial charge in [-0.1, -0.05) is 48.9 Å². The van der Waals surface area contributed by atoms with Crippen LogP contribution in [0.1, 0.15) is 44.6 Å². The maximum absolute atomic E-state index is 14.0. The summed E-state index contributed by atoms with van der Waals surface area (Å²) in [6.45, 7) is 1.98. The quantitative estimate of drug-likeness (QED) is 0.559. The highest BCUT2D eigenvalue weighted by Gasteiger charge is 2.65. The standard InChI is InChI=1S/C20H23F3O3/c1-18-13-7-6-8-14(18)11-12-16(18)26-17(24)19(25-2,20(21,22)23)15-9-4-3-5-10-15/h3-5,8-10,16H,6-7,11-13H2,1-2H3/t16-,18-,19-/m0/s1. The van der Waals surface area contributed by atoms with Gasteiger partial charge in [0.25, 0.3) is 5.60 Å². The summed E-state index contributed by atoms with van der Waals surface area (Å²) in [4.78, 5) is 12.8. The Bertz CT molecular complexity index is 698. The zero-order chi connectivity index (χ0) is 19.0. The lowest BCUT2D eigenvalue weighted by Crippen LogP contribution is -2.53. The fourth-order valence-corrected chi connectivity index (χ4v) is 4.29. The average Bonchev–Trinajstić information content (AvgIpc) is 2.92. The molecule has 3 nitrogen and oxygen atoms in total. The van der Waals surface area contributed by atoms with Crippen LogP contribution in [0.15, 0.2) is 42.0 Å². The van der Waals surface area contributed by atoms with Gasteiger partial charge in [0.05, 0.1) is 0 Å². The van der Waals surface area contributed by atoms with E-state index in [0.29, 0.717) is 6.42 Å². The molecule has 0 radical (unpaired) electrons. The van der Waals surface area contributed by atoms with Gasteiger partial charge in [0.15, 0.2) is 0 Å². The van der Waals surface area contributed by atoms with Gasteiger partial charge in [-0.25, -0.2) is 4.79 Å². The molecule has 1 saturated carbocycles. The highest BCUT2D eigenvalue weighted by Crippen LogP contribution is 2.52. The number of fused-ring (bicyclic) bond motifs is 1. The molecule has 0 saturated heterocycles. The van der Waals surface area contributed by atoms with Gasteiger partial charge >= 0.3 is 12.1 Å². The summed E-state index contributed by atoms with van der Waals surface area (Å²) < 4.78 is 52.2. The largest absolute Gasteiger partial charge is 0.459 e. The van der Waals surface area contributed by atoms with Crippen molar-refractivity contribution in [1.82, 2.24) is 0 Å². The van der Waals surface area contributed by atoms with E-state index in [4.69, 9.17) is 9.47 Å². The SMILES string of the molecule is CO[C@](C(=O)O[C@H]1CCC2=CCCC[C@@]21C)(c1ccccc1)C(F)(F)F. The second-order valence-electron chi connectivity index (χ2n) is 7.22. The van der Waals surface area contributed by atoms with E-state index in [1.807, 2.05) is 6.92 Å². The third kappa shape index (κ3) is 2.84. The van der Waals surface area contributed by atoms with Crippen LogP contribution in [-0.4, -0.2) is 25.4 Å². The molecule has 3 rings (SSSR count). The van der Waals surface area contributed by atoms with Gasteiger partial charge in [-0.3, -0.25) is 0 Å². The van der Waals surface area contributed by atoms with Gasteiger partial charge in [0, 0.05) is 18.1 Å². The Morgan fingerprint density at radius 2 is 1.92 bits per heavy atom. The van der Waals surface area contributed by atoms with Crippen molar-refractivity contribution in [1.29, 1.82) is 0 Å². The minimum absolute atomic E-state index is 0.275. The Morgan fingerprint density at radius 3 is 2.54 bits per heavy atom. The number of halogens is 3. The maximum atomic E-state index is 14.0. The van der Waals surface area contributed by atoms with E-state index in [1.54, 1.807) is 6.07 Å². The number of esters is 1. The minimum atomic E-state index is -4.94. The van der Waals surface area contributed by atoms with E-state index < -0.39 is 23.9 Å². The van der Waals surface area contributed by atoms with Crippen LogP contribution in [0.2, 0.25) is 0 Å². The molecule has 26 heavy (non-hydrogen) atoms. The number of hydrogen-bond acceptors (Lipinski definition) is 3. The normalized spacial score (nSPS) is 28.0. The second kappa shape index (κ2) is 6.72. The topological polar surface area (TPSA) is 35.5 Å². The number of carbonyl (C=O) groups excluding carboxylic acids is 1. The molecule has 2 aliphatic carbocycles. The van der Waals surface area contributed by atoms with Crippen LogP contribution in [0.3, 0.4) is 0 Å². The molecule has 0 heterocycles. The molecule has 1 fully saturated rings. The second-order valence-corrected chi connectivity index (χ2v) is 7.22. The highest BCUT2D eigenvalue weighted by atomic mass is 19.4. The molecule has 2 aliphatic rings. The molecule has 0 bridgehead atoms. The van der Waals surface area contributed by atoms with Crippen LogP contribution >= 0.6 is 0 Å². The summed E-state index contributed by atoms with van der Waals surface area (Å²) in [5.74, 6) is -1.39. The van der Waals surface area contributed by atoms with Gasteiger partial charge in [0.2, 0.25) is 0 Å². The van der Waals surface area contributed by atoms with Crippen molar-refractivity contribution < 1.29 is 27.4 Å². The van der Waals surface area contributed by atoms with Gasteiger partial charge < -0.3 is 9.47 Å². The van der Waals surface area contributed by atoms with E-state index in [9.17, 15) is 18.0 Å². The van der Waals surface area contributed by atoms with Gasteiger partial charge in [0.1, 0.15) is 6.10 Å². The predicted molar refractivity (Wildman–Crippen MR) is 90.3 cm³/mol. The Labute approximate surface area is 151 Å². The number of rotatable bonds is 4. The molecule has 0 N–H and O–H groups in total. The number of carbonyl (C=O) groups is 1. The van der Waals surface area contributed by atoms with Crippen molar-refractivity contribution in [3.8, 4) is 0 Å². The average molecular weight is 368 g/mol. The first-order valence-corrected chi connectivity index (χ1v) is 8.83. The lowest BCUT2D eigenvalue weighted by molar-refractivity contribution is -0.279. The fraction of sp³-hybridized carbons (Fsp3) is 0.550. The Balaban J connectivity index is 1.95. The van der Waals surface area contributed by atoms with E-state index >= 15 is 0 Å². The number of hydrogen-bond donors (Lipinski definition) is 0. The summed E-state index contributed by atoms with van der Waals surface area (Å²) in [5.41, 5.74) is -2.58. The lowest BCUT2D eigenvalue weighted by Gasteiger charge is -2.38. The van der Waals surface area contributed by atoms with Crippen LogP contribution in [0.5, 0.6) is 0 Å². The number of methoxy groups -OCH3 is 1. The molecule has 0 aromatic heterocycles. The molecule has 0 unspecified atom stereocenters. The first-order valence-electron chi connectivity index (χ1n) is 8.83. The van der Waals surface area contributed by atoms with Crippen LogP contribution in [0.4, 0.5) is 13.2 Å². The van der Waals surface area contributed by atoms with Crippen molar-refractivity contribution in [2.45, 2.75) is 56.9 Å². The summed E-state index contributed by atoms with van der Waals surface area (Å²) in [7, 11) is 0.893. The number of allylic oxidation sites excluding steroid dienone is 1. The first kappa shape index (κ1) is 19.0. The molecular formula is C20H23F3O3. The van der Waals surface area contributed by atoms with Crippen LogP contribution < -0.4 is 0 Å². The molecule has 6 heteroatoms. The van der Waals surface area contributed by atoms with E-state index in [1.165, 1.54) is 29.8 Å². The van der Waals surface area contributed by atoms with Crippen LogP contribution in [-0.2, 0) is 19.9 Å². The van der Waals surface area contributed by atoms with E-state index in [2.05, 4.69) is 6.08 Å². The zero-order valence-corrected chi connectivity index (χ0v) is 14.9. The van der Waals surface area contributed by atoms with Gasteiger partial charge in [-0.2, -0.15) is 13.2 Å². The third-order valence-electron chi connectivity index (χ3n) is 5.83. The molecule has 0 aliphatic heterocycles. The van der Waals surface area contributed by atoms with Crippen LogP contribution in [0.25, 0.3) is 0 Å². The lowest BCUT2D eigenvalue weighted by atomic mass is 9.74. The van der Waals surface area contributed by atoms with Crippen molar-refractivity contribution in [3.05, 3.63) is 47.5 Å². The summed E-state index contributed by atoms with van der Waals surface area (Å²) in [6.07, 6.45) is 0.663. The fourth-order valence-electron chi connectivity index (χ4n) is 4.29. The van der Waals surface area contributed by atoms with Gasteiger partial charge in [-0.05, 0) is 32.1 Å². The molecule has 3 atom stereocenters. The third-order valence-corrected chi connectivity index (χ3v) is 5.83.